The summed E-state index contributed by atoms with van der Waals surface area (Å²) in [5, 5.41) is 3.58. The highest BCUT2D eigenvalue weighted by molar-refractivity contribution is 6.00. The number of nitrogens with two attached hydrogens (primary N) is 1. The third-order valence-electron chi connectivity index (χ3n) is 9.90. The van der Waals surface area contributed by atoms with Gasteiger partial charge >= 0.3 is 6.09 Å². The van der Waals surface area contributed by atoms with Crippen molar-refractivity contribution in [2.45, 2.75) is 44.3 Å². The van der Waals surface area contributed by atoms with E-state index in [2.05, 4.69) is 31.7 Å². The fraction of sp³-hybridized carbons (Fsp3) is 0.382. The molecule has 4 aromatic heterocycles. The number of methoxy groups -OCH3 is 2. The second-order valence-corrected chi connectivity index (χ2v) is 12.7. The highest BCUT2D eigenvalue weighted by atomic mass is 16.5. The number of likely N-dealkylation sites (tertiary alicyclic amines) is 1. The smallest absolute Gasteiger partial charge is 0.412 e. The van der Waals surface area contributed by atoms with Crippen molar-refractivity contribution in [1.29, 1.82) is 0 Å². The lowest BCUT2D eigenvalue weighted by Gasteiger charge is -2.27. The summed E-state index contributed by atoms with van der Waals surface area (Å²) >= 11 is 0. The zero-order valence-electron chi connectivity index (χ0n) is 26.1. The molecule has 8 rings (SSSR count). The Morgan fingerprint density at radius 1 is 1.04 bits per heavy atom. The number of anilines is 1. The largest absolute Gasteiger partial charge is 0.494 e. The van der Waals surface area contributed by atoms with Crippen molar-refractivity contribution in [1.82, 2.24) is 29.0 Å². The SMILES string of the molecule is COC(=O)Nc1ccc(-c2ccc3cc(-c4nc5cc(C(=O)N6CC7CCC6C7N)cc(OC)c5n4C)n(CC4CC4)c3n2)cn1. The van der Waals surface area contributed by atoms with Crippen molar-refractivity contribution in [3.8, 4) is 28.5 Å². The molecule has 3 unspecified atom stereocenters. The number of carbonyl (C=O) groups excluding carboxylic acids is 2. The second kappa shape index (κ2) is 10.8. The van der Waals surface area contributed by atoms with Gasteiger partial charge in [0.2, 0.25) is 0 Å². The van der Waals surface area contributed by atoms with Crippen LogP contribution in [0.3, 0.4) is 0 Å². The first kappa shape index (κ1) is 28.5. The van der Waals surface area contributed by atoms with Gasteiger partial charge in [-0.05, 0) is 80.0 Å². The molecule has 1 aromatic carbocycles. The van der Waals surface area contributed by atoms with Crippen LogP contribution in [0.4, 0.5) is 10.6 Å². The maximum Gasteiger partial charge on any atom is 0.412 e. The van der Waals surface area contributed by atoms with Gasteiger partial charge in [0.1, 0.15) is 22.7 Å². The molecule has 2 amide bonds. The molecule has 236 valence electrons. The van der Waals surface area contributed by atoms with E-state index in [0.717, 1.165) is 58.7 Å². The highest BCUT2D eigenvalue weighted by Crippen LogP contribution is 2.40. The first-order valence-corrected chi connectivity index (χ1v) is 15.8. The summed E-state index contributed by atoms with van der Waals surface area (Å²) in [7, 11) is 4.93. The van der Waals surface area contributed by atoms with E-state index in [1.54, 1.807) is 19.4 Å². The maximum atomic E-state index is 13.7. The lowest BCUT2D eigenvalue weighted by Crippen LogP contribution is -2.41. The van der Waals surface area contributed by atoms with Gasteiger partial charge in [0.25, 0.3) is 5.91 Å². The molecular weight excluding hydrogens is 584 g/mol. The molecule has 2 aliphatic carbocycles. The van der Waals surface area contributed by atoms with Gasteiger partial charge < -0.3 is 29.2 Å². The molecule has 5 aromatic rings. The van der Waals surface area contributed by atoms with Gasteiger partial charge in [-0.1, -0.05) is 0 Å². The fourth-order valence-electron chi connectivity index (χ4n) is 7.26. The Kier molecular flexibility index (Phi) is 6.71. The molecule has 5 heterocycles. The zero-order chi connectivity index (χ0) is 31.7. The number of hydrogen-bond donors (Lipinski definition) is 2. The number of ether oxygens (including phenoxy) is 2. The topological polar surface area (TPSA) is 142 Å². The Labute approximate surface area is 265 Å². The number of amides is 2. The van der Waals surface area contributed by atoms with E-state index in [4.69, 9.17) is 20.4 Å². The Morgan fingerprint density at radius 3 is 2.57 bits per heavy atom. The molecular formula is C34H36N8O4. The minimum absolute atomic E-state index is 0.0155. The van der Waals surface area contributed by atoms with Crippen molar-refractivity contribution in [2.75, 3.05) is 26.1 Å². The number of nitrogens with zero attached hydrogens (tertiary/aromatic N) is 6. The van der Waals surface area contributed by atoms with Crippen LogP contribution >= 0.6 is 0 Å². The number of piperidine rings is 1. The van der Waals surface area contributed by atoms with E-state index in [1.807, 2.05) is 40.8 Å². The third kappa shape index (κ3) is 4.66. The van der Waals surface area contributed by atoms with E-state index in [0.29, 0.717) is 41.0 Å². The van der Waals surface area contributed by atoms with Crippen LogP contribution in [-0.4, -0.2) is 73.8 Å². The molecule has 3 aliphatic rings. The average Bonchev–Trinajstić information content (AvgIpc) is 3.48. The number of hydrogen-bond acceptors (Lipinski definition) is 8. The van der Waals surface area contributed by atoms with Crippen LogP contribution in [-0.2, 0) is 18.3 Å². The highest BCUT2D eigenvalue weighted by Gasteiger charge is 2.47. The number of benzene rings is 1. The van der Waals surface area contributed by atoms with Gasteiger partial charge in [0.05, 0.1) is 31.1 Å². The van der Waals surface area contributed by atoms with Gasteiger partial charge in [-0.2, -0.15) is 0 Å². The molecule has 3 fully saturated rings. The number of pyridine rings is 2. The molecule has 3 N–H and O–H groups in total. The predicted molar refractivity (Wildman–Crippen MR) is 173 cm³/mol. The van der Waals surface area contributed by atoms with Crippen LogP contribution in [0.1, 0.15) is 36.0 Å². The molecule has 46 heavy (non-hydrogen) atoms. The van der Waals surface area contributed by atoms with E-state index >= 15 is 0 Å². The summed E-state index contributed by atoms with van der Waals surface area (Å²) in [6, 6.07) is 13.7. The Balaban J connectivity index is 1.19. The van der Waals surface area contributed by atoms with E-state index in [-0.39, 0.29) is 18.0 Å². The summed E-state index contributed by atoms with van der Waals surface area (Å²) in [5.74, 6) is 2.73. The summed E-state index contributed by atoms with van der Waals surface area (Å²) in [6.07, 6.45) is 5.52. The molecule has 12 heteroatoms. The van der Waals surface area contributed by atoms with Gasteiger partial charge in [-0.15, -0.1) is 0 Å². The summed E-state index contributed by atoms with van der Waals surface area (Å²) < 4.78 is 14.8. The summed E-state index contributed by atoms with van der Waals surface area (Å²) in [5.41, 5.74) is 11.9. The van der Waals surface area contributed by atoms with Crippen LogP contribution in [0.5, 0.6) is 5.75 Å². The van der Waals surface area contributed by atoms with E-state index in [9.17, 15) is 9.59 Å². The number of imidazole rings is 1. The molecule has 0 radical (unpaired) electrons. The van der Waals surface area contributed by atoms with Crippen LogP contribution < -0.4 is 15.8 Å². The van der Waals surface area contributed by atoms with Gasteiger partial charge in [-0.25, -0.2) is 19.7 Å². The Hall–Kier alpha value is -4.97. The molecule has 2 saturated carbocycles. The molecule has 2 bridgehead atoms. The second-order valence-electron chi connectivity index (χ2n) is 12.7. The molecule has 1 saturated heterocycles. The van der Waals surface area contributed by atoms with Gasteiger partial charge in [0, 0.05) is 54.9 Å². The minimum atomic E-state index is -0.573. The first-order chi connectivity index (χ1) is 22.3. The lowest BCUT2D eigenvalue weighted by molar-refractivity contribution is 0.0700. The zero-order valence-corrected chi connectivity index (χ0v) is 26.1. The molecule has 0 spiro atoms. The standard InChI is InChI=1S/C34H36N8O4/c1-40-30-24(12-22(14-27(30)45-2)33(43)42-17-21-7-10-25(42)29(21)35)38-32(40)26-13-19-6-9-23(37-31(19)41(26)16-18-4-5-18)20-8-11-28(36-15-20)39-34(44)46-3/h6,8-9,11-15,18,21,25,29H,4-5,7,10,16-17,35H2,1-3H3,(H,36,39,44). The predicted octanol–water partition coefficient (Wildman–Crippen LogP) is 4.81. The van der Waals surface area contributed by atoms with Crippen molar-refractivity contribution >= 4 is 39.9 Å². The molecule has 12 nitrogen and oxygen atoms in total. The normalized spacial score (nSPS) is 20.5. The van der Waals surface area contributed by atoms with Crippen LogP contribution in [0, 0.1) is 11.8 Å². The van der Waals surface area contributed by atoms with Gasteiger partial charge in [0.15, 0.2) is 5.82 Å². The van der Waals surface area contributed by atoms with E-state index < -0.39 is 6.09 Å². The number of rotatable bonds is 7. The third-order valence-corrected chi connectivity index (χ3v) is 9.90. The van der Waals surface area contributed by atoms with Crippen LogP contribution in [0.15, 0.2) is 48.7 Å². The number of carbonyl (C=O) groups is 2. The van der Waals surface area contributed by atoms with Crippen molar-refractivity contribution in [2.24, 2.45) is 24.6 Å². The number of fused-ring (bicyclic) bond motifs is 4. The van der Waals surface area contributed by atoms with E-state index in [1.165, 1.54) is 20.0 Å². The Bertz CT molecular complexity index is 2010. The van der Waals surface area contributed by atoms with Crippen LogP contribution in [0.2, 0.25) is 0 Å². The van der Waals surface area contributed by atoms with Crippen molar-refractivity contribution in [3.63, 3.8) is 0 Å². The summed E-state index contributed by atoms with van der Waals surface area (Å²) in [6.45, 7) is 1.54. The van der Waals surface area contributed by atoms with Crippen molar-refractivity contribution in [3.05, 3.63) is 54.2 Å². The maximum absolute atomic E-state index is 13.7. The van der Waals surface area contributed by atoms with Gasteiger partial charge in [-0.3, -0.25) is 10.1 Å². The number of aromatic nitrogens is 5. The first-order valence-electron chi connectivity index (χ1n) is 15.8. The number of nitrogens with one attached hydrogen (secondary N) is 1. The van der Waals surface area contributed by atoms with Crippen LogP contribution in [0.25, 0.3) is 44.8 Å². The Morgan fingerprint density at radius 2 is 1.89 bits per heavy atom. The lowest BCUT2D eigenvalue weighted by atomic mass is 10.1. The average molecular weight is 621 g/mol. The van der Waals surface area contributed by atoms with Crippen molar-refractivity contribution < 1.29 is 19.1 Å². The quantitative estimate of drug-likeness (QED) is 0.264. The fourth-order valence-corrected chi connectivity index (χ4v) is 7.26. The molecule has 1 aliphatic heterocycles. The number of aryl methyl sites for hydroxylation is 1. The monoisotopic (exact) mass is 620 g/mol. The minimum Gasteiger partial charge on any atom is -0.494 e. The molecule has 3 atom stereocenters. The summed E-state index contributed by atoms with van der Waals surface area (Å²) in [4.78, 5) is 41.8.